The van der Waals surface area contributed by atoms with Gasteiger partial charge in [-0.25, -0.2) is 0 Å². The summed E-state index contributed by atoms with van der Waals surface area (Å²) in [6.45, 7) is 11.7. The molecule has 1 aromatic heterocycles. The molecule has 21 heavy (non-hydrogen) atoms. The number of carbonyl (C=O) groups excluding carboxylic acids is 1. The summed E-state index contributed by atoms with van der Waals surface area (Å²) in [6.07, 6.45) is 2.43. The molecule has 4 heteroatoms. The Morgan fingerprint density at radius 1 is 1.43 bits per heavy atom. The standard InChI is InChI=1S/C17H28N2OS/c1-6-19(14-7-9-18(5)10-8-14)17-13(4)15(11-21-17)16(20)12(2)3/h11-12,14H,6-10H2,1-5H3. The van der Waals surface area contributed by atoms with E-state index < -0.39 is 0 Å². The average Bonchev–Trinajstić information content (AvgIpc) is 2.83. The number of Topliss-reactive ketones (excluding diaryl/α,β-unsaturated/α-hetero) is 1. The molecule has 1 aromatic rings. The van der Waals surface area contributed by atoms with E-state index in [1.807, 2.05) is 13.8 Å². The summed E-state index contributed by atoms with van der Waals surface area (Å²) in [5.74, 6) is 0.346. The van der Waals surface area contributed by atoms with E-state index in [-0.39, 0.29) is 11.7 Å². The van der Waals surface area contributed by atoms with Crippen LogP contribution < -0.4 is 4.90 Å². The molecule has 2 rings (SSSR count). The fourth-order valence-corrected chi connectivity index (χ4v) is 4.34. The quantitative estimate of drug-likeness (QED) is 0.773. The first-order chi connectivity index (χ1) is 9.95. The number of anilines is 1. The molecule has 0 atom stereocenters. The van der Waals surface area contributed by atoms with Gasteiger partial charge in [0.25, 0.3) is 0 Å². The summed E-state index contributed by atoms with van der Waals surface area (Å²) >= 11 is 1.74. The van der Waals surface area contributed by atoms with Gasteiger partial charge < -0.3 is 9.80 Å². The van der Waals surface area contributed by atoms with E-state index in [1.165, 1.54) is 36.5 Å². The first kappa shape index (κ1) is 16.5. The highest BCUT2D eigenvalue weighted by molar-refractivity contribution is 7.14. The number of rotatable bonds is 5. The molecular weight excluding hydrogens is 280 g/mol. The Labute approximate surface area is 132 Å². The molecule has 1 aliphatic rings. The van der Waals surface area contributed by atoms with Crippen molar-refractivity contribution in [2.75, 3.05) is 31.6 Å². The number of hydrogen-bond acceptors (Lipinski definition) is 4. The van der Waals surface area contributed by atoms with Gasteiger partial charge in [-0.2, -0.15) is 0 Å². The Morgan fingerprint density at radius 3 is 2.57 bits per heavy atom. The van der Waals surface area contributed by atoms with E-state index >= 15 is 0 Å². The summed E-state index contributed by atoms with van der Waals surface area (Å²) in [7, 11) is 2.20. The highest BCUT2D eigenvalue weighted by Gasteiger charge is 2.26. The molecule has 0 radical (unpaired) electrons. The smallest absolute Gasteiger partial charge is 0.166 e. The van der Waals surface area contributed by atoms with Gasteiger partial charge in [0.1, 0.15) is 0 Å². The number of ketones is 1. The molecule has 2 heterocycles. The van der Waals surface area contributed by atoms with E-state index in [0.29, 0.717) is 6.04 Å². The number of thiophene rings is 1. The minimum atomic E-state index is 0.0737. The SMILES string of the molecule is CCN(c1scc(C(=O)C(C)C)c1C)C1CCN(C)CC1. The summed E-state index contributed by atoms with van der Waals surface area (Å²) < 4.78 is 0. The molecule has 1 aliphatic heterocycles. The van der Waals surface area contributed by atoms with E-state index in [0.717, 1.165) is 12.1 Å². The van der Waals surface area contributed by atoms with Crippen molar-refractivity contribution in [2.24, 2.45) is 5.92 Å². The molecule has 3 nitrogen and oxygen atoms in total. The fourth-order valence-electron chi connectivity index (χ4n) is 3.12. The maximum Gasteiger partial charge on any atom is 0.166 e. The summed E-state index contributed by atoms with van der Waals surface area (Å²) in [6, 6.07) is 0.616. The Hall–Kier alpha value is -0.870. The second-order valence-electron chi connectivity index (χ2n) is 6.42. The van der Waals surface area contributed by atoms with Crippen LogP contribution in [-0.4, -0.2) is 43.4 Å². The predicted octanol–water partition coefficient (Wildman–Crippen LogP) is 3.82. The normalized spacial score (nSPS) is 17.4. The number of carbonyl (C=O) groups is 1. The second kappa shape index (κ2) is 6.93. The topological polar surface area (TPSA) is 23.6 Å². The minimum Gasteiger partial charge on any atom is -0.360 e. The van der Waals surface area contributed by atoms with E-state index in [2.05, 4.69) is 36.1 Å². The second-order valence-corrected chi connectivity index (χ2v) is 7.28. The molecule has 0 saturated carbocycles. The lowest BCUT2D eigenvalue weighted by Crippen LogP contribution is -2.43. The largest absolute Gasteiger partial charge is 0.360 e. The van der Waals surface area contributed by atoms with E-state index in [4.69, 9.17) is 0 Å². The van der Waals surface area contributed by atoms with Crippen LogP contribution in [0.1, 0.15) is 49.5 Å². The summed E-state index contributed by atoms with van der Waals surface area (Å²) in [5.41, 5.74) is 2.11. The molecule has 0 aliphatic carbocycles. The predicted molar refractivity (Wildman–Crippen MR) is 91.8 cm³/mol. The third kappa shape index (κ3) is 3.49. The minimum absolute atomic E-state index is 0.0737. The third-order valence-electron chi connectivity index (χ3n) is 4.53. The molecule has 0 aromatic carbocycles. The van der Waals surface area contributed by atoms with Gasteiger partial charge in [0, 0.05) is 29.4 Å². The van der Waals surface area contributed by atoms with Gasteiger partial charge in [-0.1, -0.05) is 13.8 Å². The van der Waals surface area contributed by atoms with Gasteiger partial charge in [-0.3, -0.25) is 4.79 Å². The van der Waals surface area contributed by atoms with Crippen LogP contribution in [0.4, 0.5) is 5.00 Å². The number of likely N-dealkylation sites (tertiary alicyclic amines) is 1. The molecule has 1 saturated heterocycles. The Bertz CT molecular complexity index is 487. The van der Waals surface area contributed by atoms with Gasteiger partial charge in [-0.05, 0) is 52.4 Å². The highest BCUT2D eigenvalue weighted by atomic mass is 32.1. The summed E-state index contributed by atoms with van der Waals surface area (Å²) in [4.78, 5) is 17.2. The molecule has 1 fully saturated rings. The third-order valence-corrected chi connectivity index (χ3v) is 5.65. The number of hydrogen-bond donors (Lipinski definition) is 0. The molecule has 0 amide bonds. The zero-order chi connectivity index (χ0) is 15.6. The first-order valence-corrected chi connectivity index (χ1v) is 8.91. The zero-order valence-electron chi connectivity index (χ0n) is 14.0. The van der Waals surface area contributed by atoms with Crippen LogP contribution in [0.25, 0.3) is 0 Å². The number of piperidine rings is 1. The van der Waals surface area contributed by atoms with Gasteiger partial charge >= 0.3 is 0 Å². The van der Waals surface area contributed by atoms with Crippen molar-refractivity contribution in [3.8, 4) is 0 Å². The maximum absolute atomic E-state index is 12.3. The maximum atomic E-state index is 12.3. The van der Waals surface area contributed by atoms with Crippen LogP contribution in [-0.2, 0) is 0 Å². The van der Waals surface area contributed by atoms with Crippen LogP contribution in [0.3, 0.4) is 0 Å². The van der Waals surface area contributed by atoms with Crippen molar-refractivity contribution in [2.45, 2.75) is 46.6 Å². The lowest BCUT2D eigenvalue weighted by atomic mass is 9.99. The van der Waals surface area contributed by atoms with Crippen molar-refractivity contribution in [3.05, 3.63) is 16.5 Å². The molecule has 0 spiro atoms. The molecule has 0 unspecified atom stereocenters. The van der Waals surface area contributed by atoms with Crippen molar-refractivity contribution in [1.29, 1.82) is 0 Å². The average molecular weight is 308 g/mol. The summed E-state index contributed by atoms with van der Waals surface area (Å²) in [5, 5.41) is 3.36. The Balaban J connectivity index is 2.21. The lowest BCUT2D eigenvalue weighted by Gasteiger charge is -2.38. The Morgan fingerprint density at radius 2 is 2.05 bits per heavy atom. The van der Waals surface area contributed by atoms with Gasteiger partial charge in [-0.15, -0.1) is 11.3 Å². The Kier molecular flexibility index (Phi) is 5.44. The zero-order valence-corrected chi connectivity index (χ0v) is 14.8. The fraction of sp³-hybridized carbons (Fsp3) is 0.706. The van der Waals surface area contributed by atoms with E-state index in [1.54, 1.807) is 11.3 Å². The molecule has 0 bridgehead atoms. The van der Waals surface area contributed by atoms with Crippen LogP contribution in [0.2, 0.25) is 0 Å². The highest BCUT2D eigenvalue weighted by Crippen LogP contribution is 2.35. The van der Waals surface area contributed by atoms with Crippen molar-refractivity contribution >= 4 is 22.1 Å². The monoisotopic (exact) mass is 308 g/mol. The first-order valence-electron chi connectivity index (χ1n) is 8.03. The van der Waals surface area contributed by atoms with Crippen LogP contribution in [0.5, 0.6) is 0 Å². The van der Waals surface area contributed by atoms with Gasteiger partial charge in [0.2, 0.25) is 0 Å². The number of nitrogens with zero attached hydrogens (tertiary/aromatic N) is 2. The lowest BCUT2D eigenvalue weighted by molar-refractivity contribution is 0.0939. The van der Waals surface area contributed by atoms with Crippen molar-refractivity contribution in [1.82, 2.24) is 4.90 Å². The molecule has 0 N–H and O–H groups in total. The van der Waals surface area contributed by atoms with Crippen molar-refractivity contribution < 1.29 is 4.79 Å². The van der Waals surface area contributed by atoms with Gasteiger partial charge in [0.15, 0.2) is 5.78 Å². The van der Waals surface area contributed by atoms with Crippen LogP contribution in [0, 0.1) is 12.8 Å². The van der Waals surface area contributed by atoms with Crippen LogP contribution >= 0.6 is 11.3 Å². The van der Waals surface area contributed by atoms with Crippen molar-refractivity contribution in [3.63, 3.8) is 0 Å². The van der Waals surface area contributed by atoms with Gasteiger partial charge in [0.05, 0.1) is 5.00 Å². The molecular formula is C17H28N2OS. The van der Waals surface area contributed by atoms with Crippen LogP contribution in [0.15, 0.2) is 5.38 Å². The van der Waals surface area contributed by atoms with E-state index in [9.17, 15) is 4.79 Å². The molecule has 118 valence electrons.